The summed E-state index contributed by atoms with van der Waals surface area (Å²) in [5.41, 5.74) is 0.740. The molecule has 0 aliphatic heterocycles. The van der Waals surface area contributed by atoms with Crippen molar-refractivity contribution in [2.75, 3.05) is 12.8 Å². The van der Waals surface area contributed by atoms with Gasteiger partial charge in [-0.25, -0.2) is 0 Å². The van der Waals surface area contributed by atoms with Crippen LogP contribution < -0.4 is 5.32 Å². The van der Waals surface area contributed by atoms with E-state index in [1.807, 2.05) is 23.2 Å². The monoisotopic (exact) mass is 335 g/mol. The minimum atomic E-state index is 0.0206. The van der Waals surface area contributed by atoms with Crippen LogP contribution in [0.1, 0.15) is 37.0 Å². The average molecular weight is 336 g/mol. The Morgan fingerprint density at radius 1 is 1.53 bits per heavy atom. The molecule has 96 valence electrons. The molecule has 0 atom stereocenters. The van der Waals surface area contributed by atoms with Gasteiger partial charge in [0.15, 0.2) is 0 Å². The summed E-state index contributed by atoms with van der Waals surface area (Å²) >= 11 is 6.74. The van der Waals surface area contributed by atoms with E-state index in [0.717, 1.165) is 28.7 Å². The third-order valence-corrected chi connectivity index (χ3v) is 6.21. The molecule has 0 saturated heterocycles. The van der Waals surface area contributed by atoms with Crippen LogP contribution in [0, 0.1) is 0 Å². The summed E-state index contributed by atoms with van der Waals surface area (Å²) in [6.45, 7) is 5.08. The summed E-state index contributed by atoms with van der Waals surface area (Å²) in [4.78, 5) is 11.9. The Bertz CT molecular complexity index is 366. The molecule has 1 aromatic rings. The van der Waals surface area contributed by atoms with Gasteiger partial charge in [-0.3, -0.25) is 4.79 Å². The van der Waals surface area contributed by atoms with Gasteiger partial charge in [0.25, 0.3) is 5.91 Å². The molecule has 0 radical (unpaired) electrons. The van der Waals surface area contributed by atoms with Crippen molar-refractivity contribution >= 4 is 44.9 Å². The van der Waals surface area contributed by atoms with Gasteiger partial charge in [-0.1, -0.05) is 13.8 Å². The molecule has 0 unspecified atom stereocenters. The quantitative estimate of drug-likeness (QED) is 0.845. The summed E-state index contributed by atoms with van der Waals surface area (Å²) in [7, 11) is 0. The molecule has 0 aliphatic carbocycles. The molecule has 17 heavy (non-hydrogen) atoms. The van der Waals surface area contributed by atoms with Crippen molar-refractivity contribution in [3.05, 3.63) is 20.8 Å². The smallest absolute Gasteiger partial charge is 0.252 e. The summed E-state index contributed by atoms with van der Waals surface area (Å²) in [6, 6.07) is 1.86. The Morgan fingerprint density at radius 3 is 2.59 bits per heavy atom. The Balaban J connectivity index is 2.58. The van der Waals surface area contributed by atoms with Crippen molar-refractivity contribution in [2.45, 2.75) is 31.4 Å². The van der Waals surface area contributed by atoms with Crippen LogP contribution >= 0.6 is 39.0 Å². The van der Waals surface area contributed by atoms with Crippen LogP contribution in [0.3, 0.4) is 0 Å². The van der Waals surface area contributed by atoms with E-state index in [0.29, 0.717) is 0 Å². The fourth-order valence-corrected chi connectivity index (χ4v) is 3.56. The average Bonchev–Trinajstić information content (AvgIpc) is 2.78. The maximum atomic E-state index is 11.9. The van der Waals surface area contributed by atoms with Crippen LogP contribution in [0.15, 0.2) is 15.2 Å². The molecule has 0 fully saturated rings. The largest absolute Gasteiger partial charge is 0.351 e. The Morgan fingerprint density at radius 2 is 2.18 bits per heavy atom. The molecular formula is C12H18BrNOS2. The number of thiophene rings is 1. The van der Waals surface area contributed by atoms with E-state index in [9.17, 15) is 4.79 Å². The van der Waals surface area contributed by atoms with E-state index >= 15 is 0 Å². The van der Waals surface area contributed by atoms with Gasteiger partial charge in [0, 0.05) is 16.7 Å². The second-order valence-electron chi connectivity index (χ2n) is 3.92. The van der Waals surface area contributed by atoms with Crippen LogP contribution in [0.25, 0.3) is 0 Å². The number of thioether (sulfide) groups is 1. The van der Waals surface area contributed by atoms with Gasteiger partial charge in [0.1, 0.15) is 0 Å². The third kappa shape index (κ3) is 4.00. The van der Waals surface area contributed by atoms with Crippen LogP contribution in [0.5, 0.6) is 0 Å². The molecule has 0 aromatic carbocycles. The second-order valence-corrected chi connectivity index (χ2v) is 7.48. The van der Waals surface area contributed by atoms with Crippen LogP contribution in [0.4, 0.5) is 0 Å². The lowest BCUT2D eigenvalue weighted by Crippen LogP contribution is -2.39. The molecule has 1 heterocycles. The predicted octanol–water partition coefficient (Wildman–Crippen LogP) is 4.16. The van der Waals surface area contributed by atoms with Gasteiger partial charge < -0.3 is 5.32 Å². The van der Waals surface area contributed by atoms with Crippen LogP contribution in [-0.2, 0) is 0 Å². The van der Waals surface area contributed by atoms with E-state index < -0.39 is 0 Å². The predicted molar refractivity (Wildman–Crippen MR) is 81.2 cm³/mol. The lowest BCUT2D eigenvalue weighted by Gasteiger charge is -2.29. The van der Waals surface area contributed by atoms with E-state index in [1.54, 1.807) is 0 Å². The lowest BCUT2D eigenvalue weighted by atomic mass is 10.0. The number of halogens is 1. The molecule has 0 bridgehead atoms. The molecule has 1 amide bonds. The van der Waals surface area contributed by atoms with Gasteiger partial charge in [0.05, 0.1) is 9.35 Å². The fraction of sp³-hybridized carbons (Fsp3) is 0.583. The van der Waals surface area contributed by atoms with Gasteiger partial charge in [0.2, 0.25) is 0 Å². The first-order valence-electron chi connectivity index (χ1n) is 5.64. The van der Waals surface area contributed by atoms with Crippen molar-refractivity contribution in [3.63, 3.8) is 0 Å². The summed E-state index contributed by atoms with van der Waals surface area (Å²) in [5, 5.41) is 4.91. The first kappa shape index (κ1) is 15.1. The molecule has 5 heteroatoms. The van der Waals surface area contributed by atoms with Gasteiger partial charge in [-0.15, -0.1) is 11.3 Å². The molecule has 0 spiro atoms. The number of carbonyl (C=O) groups is 1. The van der Waals surface area contributed by atoms with Crippen molar-refractivity contribution in [1.82, 2.24) is 5.32 Å². The molecule has 2 nitrogen and oxygen atoms in total. The zero-order valence-electron chi connectivity index (χ0n) is 10.4. The zero-order chi connectivity index (χ0) is 12.9. The highest BCUT2D eigenvalue weighted by Gasteiger charge is 2.25. The first-order valence-corrected chi connectivity index (χ1v) is 8.54. The number of carbonyl (C=O) groups excluding carboxylic acids is 1. The highest BCUT2D eigenvalue weighted by atomic mass is 79.9. The molecule has 1 rings (SSSR count). The lowest BCUT2D eigenvalue weighted by molar-refractivity contribution is 0.0949. The third-order valence-electron chi connectivity index (χ3n) is 3.12. The van der Waals surface area contributed by atoms with Gasteiger partial charge in [-0.2, -0.15) is 11.8 Å². The summed E-state index contributed by atoms with van der Waals surface area (Å²) in [6.07, 6.45) is 4.25. The van der Waals surface area contributed by atoms with Crippen molar-refractivity contribution in [1.29, 1.82) is 0 Å². The minimum absolute atomic E-state index is 0.0206. The summed E-state index contributed by atoms with van der Waals surface area (Å²) < 4.78 is 1.16. The second kappa shape index (κ2) is 6.81. The van der Waals surface area contributed by atoms with Crippen molar-refractivity contribution < 1.29 is 4.79 Å². The number of hydrogen-bond acceptors (Lipinski definition) is 3. The Labute approximate surface area is 120 Å². The van der Waals surface area contributed by atoms with Crippen LogP contribution in [-0.4, -0.2) is 23.5 Å². The van der Waals surface area contributed by atoms with Gasteiger partial charge in [-0.05, 0) is 41.1 Å². The summed E-state index contributed by atoms with van der Waals surface area (Å²) in [5.74, 6) is 0.0206. The molecular weight excluding hydrogens is 318 g/mol. The van der Waals surface area contributed by atoms with Crippen molar-refractivity contribution in [3.8, 4) is 0 Å². The molecule has 1 aromatic heterocycles. The normalized spacial score (nSPS) is 11.5. The number of nitrogens with one attached hydrogen (secondary N) is 1. The topological polar surface area (TPSA) is 29.1 Å². The minimum Gasteiger partial charge on any atom is -0.351 e. The Hall–Kier alpha value is -0.000000000000000111. The molecule has 1 N–H and O–H groups in total. The van der Waals surface area contributed by atoms with Gasteiger partial charge >= 0.3 is 0 Å². The Kier molecular flexibility index (Phi) is 6.03. The highest BCUT2D eigenvalue weighted by molar-refractivity contribution is 9.11. The van der Waals surface area contributed by atoms with Crippen molar-refractivity contribution in [2.24, 2.45) is 0 Å². The number of hydrogen-bond donors (Lipinski definition) is 1. The van der Waals surface area contributed by atoms with E-state index in [-0.39, 0.29) is 10.7 Å². The van der Waals surface area contributed by atoms with E-state index in [2.05, 4.69) is 41.3 Å². The number of amides is 1. The molecule has 0 aliphatic rings. The standard InChI is InChI=1S/C12H18BrNOS2/c1-4-12(5-2,16-3)8-14-11(15)9-6-10(13)17-7-9/h6-7H,4-5,8H2,1-3H3,(H,14,15). The maximum absolute atomic E-state index is 11.9. The first-order chi connectivity index (χ1) is 8.06. The molecule has 0 saturated carbocycles. The highest BCUT2D eigenvalue weighted by Crippen LogP contribution is 2.29. The van der Waals surface area contributed by atoms with E-state index in [4.69, 9.17) is 0 Å². The maximum Gasteiger partial charge on any atom is 0.252 e. The zero-order valence-corrected chi connectivity index (χ0v) is 13.6. The van der Waals surface area contributed by atoms with E-state index in [1.165, 1.54) is 11.3 Å². The van der Waals surface area contributed by atoms with Crippen LogP contribution in [0.2, 0.25) is 0 Å². The SMILES string of the molecule is CCC(CC)(CNC(=O)c1csc(Br)c1)SC. The number of rotatable bonds is 6. The fourth-order valence-electron chi connectivity index (χ4n) is 1.63.